The van der Waals surface area contributed by atoms with Crippen LogP contribution in [0.1, 0.15) is 29.4 Å². The zero-order valence-corrected chi connectivity index (χ0v) is 11.5. The van der Waals surface area contributed by atoms with Crippen LogP contribution in [0.25, 0.3) is 11.0 Å². The van der Waals surface area contributed by atoms with Crippen molar-refractivity contribution >= 4 is 22.7 Å². The number of rotatable bonds is 4. The van der Waals surface area contributed by atoms with Gasteiger partial charge >= 0.3 is 5.97 Å². The fourth-order valence-electron chi connectivity index (χ4n) is 2.03. The fourth-order valence-corrected chi connectivity index (χ4v) is 2.03. The van der Waals surface area contributed by atoms with E-state index in [2.05, 4.69) is 16.0 Å². The summed E-state index contributed by atoms with van der Waals surface area (Å²) in [5.74, 6) is 2.09. The van der Waals surface area contributed by atoms with Crippen molar-refractivity contribution in [1.29, 1.82) is 0 Å². The first-order valence-electron chi connectivity index (χ1n) is 6.32. The molecule has 0 aliphatic rings. The number of nitrogens with two attached hydrogens (primary N) is 1. The molecular formula is C14H16N4O2. The van der Waals surface area contributed by atoms with Gasteiger partial charge in [0.15, 0.2) is 5.65 Å². The molecule has 104 valence electrons. The Balaban J connectivity index is 2.55. The molecule has 0 unspecified atom stereocenters. The van der Waals surface area contributed by atoms with Crippen molar-refractivity contribution in [2.24, 2.45) is 0 Å². The van der Waals surface area contributed by atoms with Gasteiger partial charge in [-0.15, -0.1) is 12.3 Å². The predicted octanol–water partition coefficient (Wildman–Crippen LogP) is 1.52. The van der Waals surface area contributed by atoms with Crippen molar-refractivity contribution in [2.45, 2.75) is 26.8 Å². The molecule has 0 atom stereocenters. The third-order valence-corrected chi connectivity index (χ3v) is 2.95. The Labute approximate surface area is 116 Å². The van der Waals surface area contributed by atoms with Crippen molar-refractivity contribution in [3.8, 4) is 12.3 Å². The Hall–Kier alpha value is -2.55. The number of esters is 1. The number of fused-ring (bicyclic) bond motifs is 1. The summed E-state index contributed by atoms with van der Waals surface area (Å²) in [5.41, 5.74) is 7.86. The lowest BCUT2D eigenvalue weighted by atomic mass is 10.1. The highest BCUT2D eigenvalue weighted by Gasteiger charge is 2.20. The lowest BCUT2D eigenvalue weighted by Gasteiger charge is -2.09. The first kappa shape index (κ1) is 13.9. The van der Waals surface area contributed by atoms with Crippen LogP contribution in [0.5, 0.6) is 0 Å². The Morgan fingerprint density at radius 1 is 1.60 bits per heavy atom. The lowest BCUT2D eigenvalue weighted by molar-refractivity contribution is 0.0526. The van der Waals surface area contributed by atoms with E-state index in [9.17, 15) is 4.79 Å². The van der Waals surface area contributed by atoms with Crippen molar-refractivity contribution < 1.29 is 9.53 Å². The number of carbonyl (C=O) groups excluding carboxylic acids is 1. The number of hydrogen-bond acceptors (Lipinski definition) is 5. The van der Waals surface area contributed by atoms with Gasteiger partial charge in [0.1, 0.15) is 5.56 Å². The molecule has 0 spiro atoms. The van der Waals surface area contributed by atoms with Crippen LogP contribution in [-0.2, 0) is 11.3 Å². The Morgan fingerprint density at radius 2 is 2.35 bits per heavy atom. The smallest absolute Gasteiger partial charge is 0.342 e. The first-order chi connectivity index (χ1) is 9.60. The van der Waals surface area contributed by atoms with E-state index in [1.807, 2.05) is 0 Å². The molecule has 0 fully saturated rings. The van der Waals surface area contributed by atoms with E-state index in [4.69, 9.17) is 16.9 Å². The fraction of sp³-hybridized carbons (Fsp3) is 0.357. The highest BCUT2D eigenvalue weighted by Crippen LogP contribution is 2.26. The number of aromatic nitrogens is 3. The van der Waals surface area contributed by atoms with E-state index >= 15 is 0 Å². The summed E-state index contributed by atoms with van der Waals surface area (Å²) in [6, 6.07) is 0. The second kappa shape index (κ2) is 5.61. The number of aryl methyl sites for hydroxylation is 2. The second-order valence-corrected chi connectivity index (χ2v) is 4.27. The minimum Gasteiger partial charge on any atom is -0.462 e. The number of nitrogen functional groups attached to an aromatic ring is 1. The number of pyridine rings is 1. The highest BCUT2D eigenvalue weighted by atomic mass is 16.5. The van der Waals surface area contributed by atoms with E-state index in [-0.39, 0.29) is 6.61 Å². The van der Waals surface area contributed by atoms with Gasteiger partial charge in [0.25, 0.3) is 0 Å². The average Bonchev–Trinajstić information content (AvgIpc) is 2.80. The van der Waals surface area contributed by atoms with E-state index in [0.29, 0.717) is 40.9 Å². The molecule has 6 heteroatoms. The molecule has 2 aromatic rings. The summed E-state index contributed by atoms with van der Waals surface area (Å²) in [5, 5.41) is 4.84. The molecule has 2 rings (SSSR count). The van der Waals surface area contributed by atoms with Gasteiger partial charge in [-0.1, -0.05) is 0 Å². The van der Waals surface area contributed by atoms with Gasteiger partial charge in [-0.25, -0.2) is 14.5 Å². The van der Waals surface area contributed by atoms with Gasteiger partial charge in [0.05, 0.1) is 36.1 Å². The van der Waals surface area contributed by atoms with Crippen LogP contribution in [0.2, 0.25) is 0 Å². The molecule has 2 heterocycles. The topological polar surface area (TPSA) is 83.0 Å². The Morgan fingerprint density at radius 3 is 3.00 bits per heavy atom. The minimum absolute atomic E-state index is 0.289. The van der Waals surface area contributed by atoms with Crippen LogP contribution in [0.3, 0.4) is 0 Å². The molecule has 0 bridgehead atoms. The number of terminal acetylenes is 1. The van der Waals surface area contributed by atoms with Gasteiger partial charge in [-0.3, -0.25) is 0 Å². The van der Waals surface area contributed by atoms with E-state index in [1.165, 1.54) is 0 Å². The van der Waals surface area contributed by atoms with E-state index in [1.54, 1.807) is 24.7 Å². The number of ether oxygens (including phenoxy) is 1. The maximum Gasteiger partial charge on any atom is 0.342 e. The van der Waals surface area contributed by atoms with Crippen LogP contribution < -0.4 is 5.73 Å². The second-order valence-electron chi connectivity index (χ2n) is 4.27. The molecule has 6 nitrogen and oxygen atoms in total. The first-order valence-corrected chi connectivity index (χ1v) is 6.32. The summed E-state index contributed by atoms with van der Waals surface area (Å²) in [6.45, 7) is 4.32. The molecular weight excluding hydrogens is 256 g/mol. The molecule has 0 aromatic carbocycles. The highest BCUT2D eigenvalue weighted by molar-refractivity contribution is 6.04. The van der Waals surface area contributed by atoms with Gasteiger partial charge in [-0.2, -0.15) is 5.10 Å². The van der Waals surface area contributed by atoms with Gasteiger partial charge < -0.3 is 10.5 Å². The van der Waals surface area contributed by atoms with E-state index < -0.39 is 5.97 Å². The Bertz CT molecular complexity index is 697. The Kier molecular flexibility index (Phi) is 3.89. The van der Waals surface area contributed by atoms with Gasteiger partial charge in [-0.05, 0) is 13.8 Å². The quantitative estimate of drug-likeness (QED) is 0.674. The summed E-state index contributed by atoms with van der Waals surface area (Å²) in [6.07, 6.45) is 7.39. The van der Waals surface area contributed by atoms with Crippen LogP contribution in [-0.4, -0.2) is 27.3 Å². The molecule has 2 aromatic heterocycles. The summed E-state index contributed by atoms with van der Waals surface area (Å²) in [4.78, 5) is 16.3. The third kappa shape index (κ3) is 2.30. The third-order valence-electron chi connectivity index (χ3n) is 2.95. The van der Waals surface area contributed by atoms with Crippen LogP contribution in [0.15, 0.2) is 6.20 Å². The summed E-state index contributed by atoms with van der Waals surface area (Å²) in [7, 11) is 0. The summed E-state index contributed by atoms with van der Waals surface area (Å²) < 4.78 is 6.69. The van der Waals surface area contributed by atoms with Crippen LogP contribution >= 0.6 is 0 Å². The monoisotopic (exact) mass is 272 g/mol. The molecule has 0 saturated carbocycles. The SMILES string of the molecule is C#CCCn1ncc2c(N)c(C(=O)OCC)c(C)nc21. The molecule has 2 N–H and O–H groups in total. The molecule has 20 heavy (non-hydrogen) atoms. The molecule has 0 aliphatic carbocycles. The molecule has 0 saturated heterocycles. The average molecular weight is 272 g/mol. The number of anilines is 1. The normalized spacial score (nSPS) is 10.4. The maximum absolute atomic E-state index is 11.9. The standard InChI is InChI=1S/C14H16N4O2/c1-4-6-7-18-13-10(8-16-18)12(15)11(9(3)17-13)14(19)20-5-2/h1,8H,5-7H2,2-3H3,(H2,15,17). The minimum atomic E-state index is -0.465. The molecule has 0 radical (unpaired) electrons. The van der Waals surface area contributed by atoms with E-state index in [0.717, 1.165) is 0 Å². The molecule has 0 aliphatic heterocycles. The zero-order valence-electron chi connectivity index (χ0n) is 11.5. The maximum atomic E-state index is 11.9. The predicted molar refractivity (Wildman–Crippen MR) is 76.1 cm³/mol. The summed E-state index contributed by atoms with van der Waals surface area (Å²) >= 11 is 0. The van der Waals surface area contributed by atoms with Crippen LogP contribution in [0, 0.1) is 19.3 Å². The number of carbonyl (C=O) groups is 1. The van der Waals surface area contributed by atoms with Crippen molar-refractivity contribution in [3.05, 3.63) is 17.5 Å². The van der Waals surface area contributed by atoms with Crippen LogP contribution in [0.4, 0.5) is 5.69 Å². The van der Waals surface area contributed by atoms with Crippen molar-refractivity contribution in [3.63, 3.8) is 0 Å². The van der Waals surface area contributed by atoms with Gasteiger partial charge in [0.2, 0.25) is 0 Å². The van der Waals surface area contributed by atoms with Crippen molar-refractivity contribution in [1.82, 2.24) is 14.8 Å². The lowest BCUT2D eigenvalue weighted by Crippen LogP contribution is -2.12. The number of nitrogens with zero attached hydrogens (tertiary/aromatic N) is 3. The largest absolute Gasteiger partial charge is 0.462 e. The number of hydrogen-bond donors (Lipinski definition) is 1. The van der Waals surface area contributed by atoms with Gasteiger partial charge in [0, 0.05) is 6.42 Å². The zero-order chi connectivity index (χ0) is 14.7. The molecule has 0 amide bonds. The van der Waals surface area contributed by atoms with Crippen molar-refractivity contribution in [2.75, 3.05) is 12.3 Å².